The molecule has 1 aliphatic rings. The molecule has 1 unspecified atom stereocenters. The van der Waals surface area contributed by atoms with Gasteiger partial charge in [-0.1, -0.05) is 23.7 Å². The van der Waals surface area contributed by atoms with Crippen molar-refractivity contribution in [2.24, 2.45) is 11.8 Å². The minimum atomic E-state index is -0.625. The molecule has 7 heteroatoms. The summed E-state index contributed by atoms with van der Waals surface area (Å²) in [6.07, 6.45) is 0.584. The molecule has 0 bridgehead atoms. The molecular weight excluding hydrogens is 306 g/mol. The number of nitrogens with one attached hydrogen (secondary N) is 1. The summed E-state index contributed by atoms with van der Waals surface area (Å²) in [5.74, 6) is 5.21. The van der Waals surface area contributed by atoms with Crippen molar-refractivity contribution < 1.29 is 14.3 Å². The quantitative estimate of drug-likeness (QED) is 0.497. The molecule has 0 spiro atoms. The van der Waals surface area contributed by atoms with E-state index in [1.807, 2.05) is 0 Å². The first-order valence-corrected chi connectivity index (χ1v) is 7.61. The third kappa shape index (κ3) is 3.90. The number of rotatable bonds is 4. The number of amides is 2. The van der Waals surface area contributed by atoms with E-state index in [9.17, 15) is 9.59 Å². The van der Waals surface area contributed by atoms with Crippen LogP contribution in [-0.4, -0.2) is 35.9 Å². The molecule has 1 aliphatic heterocycles. The maximum Gasteiger partial charge on any atom is 0.263 e. The third-order valence-corrected chi connectivity index (χ3v) is 4.12. The monoisotopic (exact) mass is 325 g/mol. The van der Waals surface area contributed by atoms with Crippen LogP contribution in [0.15, 0.2) is 24.3 Å². The number of halogens is 1. The number of hydrogen-bond donors (Lipinski definition) is 2. The Kier molecular flexibility index (Phi) is 5.63. The first kappa shape index (κ1) is 16.6. The standard InChI is InChI=1S/C15H20ClN3O3/c1-10(22-13-5-3-2-4-12(13)16)15(21)19-8-6-11(7-9-19)14(20)18-17/h2-5,10-11H,6-9,17H2,1H3,(H,18,20). The summed E-state index contributed by atoms with van der Waals surface area (Å²) in [4.78, 5) is 25.6. The third-order valence-electron chi connectivity index (χ3n) is 3.81. The number of ether oxygens (including phenoxy) is 1. The molecule has 2 rings (SSSR count). The van der Waals surface area contributed by atoms with E-state index >= 15 is 0 Å². The second-order valence-electron chi connectivity index (χ2n) is 5.30. The average Bonchev–Trinajstić information content (AvgIpc) is 2.55. The Labute approximate surface area is 134 Å². The van der Waals surface area contributed by atoms with Crippen LogP contribution in [0, 0.1) is 5.92 Å². The van der Waals surface area contributed by atoms with Gasteiger partial charge in [-0.3, -0.25) is 15.0 Å². The van der Waals surface area contributed by atoms with Crippen LogP contribution in [0.1, 0.15) is 19.8 Å². The van der Waals surface area contributed by atoms with Gasteiger partial charge in [-0.2, -0.15) is 0 Å². The average molecular weight is 326 g/mol. The van der Waals surface area contributed by atoms with E-state index in [0.29, 0.717) is 36.7 Å². The topological polar surface area (TPSA) is 84.7 Å². The maximum atomic E-state index is 12.4. The van der Waals surface area contributed by atoms with E-state index in [1.54, 1.807) is 36.1 Å². The Bertz CT molecular complexity index is 545. The molecule has 1 aromatic rings. The van der Waals surface area contributed by atoms with E-state index < -0.39 is 6.10 Å². The van der Waals surface area contributed by atoms with Gasteiger partial charge in [-0.15, -0.1) is 0 Å². The molecule has 0 radical (unpaired) electrons. The molecule has 1 saturated heterocycles. The highest BCUT2D eigenvalue weighted by molar-refractivity contribution is 6.32. The summed E-state index contributed by atoms with van der Waals surface area (Å²) in [7, 11) is 0. The van der Waals surface area contributed by atoms with Crippen LogP contribution < -0.4 is 16.0 Å². The molecule has 3 N–H and O–H groups in total. The lowest BCUT2D eigenvalue weighted by molar-refractivity contribution is -0.141. The lowest BCUT2D eigenvalue weighted by Crippen LogP contribution is -2.47. The van der Waals surface area contributed by atoms with Gasteiger partial charge in [-0.25, -0.2) is 5.84 Å². The van der Waals surface area contributed by atoms with Gasteiger partial charge in [-0.05, 0) is 31.9 Å². The van der Waals surface area contributed by atoms with Gasteiger partial charge in [0.05, 0.1) is 5.02 Å². The fourth-order valence-corrected chi connectivity index (χ4v) is 2.70. The highest BCUT2D eigenvalue weighted by atomic mass is 35.5. The van der Waals surface area contributed by atoms with Crippen LogP contribution in [0.2, 0.25) is 5.02 Å². The fourth-order valence-electron chi connectivity index (χ4n) is 2.52. The predicted octanol–water partition coefficient (Wildman–Crippen LogP) is 1.34. The van der Waals surface area contributed by atoms with Gasteiger partial charge >= 0.3 is 0 Å². The molecule has 0 aromatic heterocycles. The van der Waals surface area contributed by atoms with Crippen LogP contribution in [0.4, 0.5) is 0 Å². The minimum absolute atomic E-state index is 0.105. The molecule has 2 amide bonds. The number of carbonyl (C=O) groups is 2. The van der Waals surface area contributed by atoms with Crippen LogP contribution in [0.25, 0.3) is 0 Å². The van der Waals surface area contributed by atoms with Crippen LogP contribution in [0.3, 0.4) is 0 Å². The highest BCUT2D eigenvalue weighted by Crippen LogP contribution is 2.25. The lowest BCUT2D eigenvalue weighted by atomic mass is 9.96. The zero-order chi connectivity index (χ0) is 16.1. The first-order valence-electron chi connectivity index (χ1n) is 7.23. The molecule has 1 heterocycles. The van der Waals surface area contributed by atoms with Gasteiger partial charge in [0.25, 0.3) is 5.91 Å². The van der Waals surface area contributed by atoms with Gasteiger partial charge in [0.1, 0.15) is 5.75 Å². The van der Waals surface area contributed by atoms with Gasteiger partial charge in [0.2, 0.25) is 5.91 Å². The maximum absolute atomic E-state index is 12.4. The van der Waals surface area contributed by atoms with Crippen LogP contribution >= 0.6 is 11.6 Å². The number of nitrogens with two attached hydrogens (primary N) is 1. The Balaban J connectivity index is 1.89. The van der Waals surface area contributed by atoms with Crippen LogP contribution in [-0.2, 0) is 9.59 Å². The molecule has 22 heavy (non-hydrogen) atoms. The normalized spacial score (nSPS) is 17.0. The van der Waals surface area contributed by atoms with Crippen molar-refractivity contribution in [1.82, 2.24) is 10.3 Å². The summed E-state index contributed by atoms with van der Waals surface area (Å²) in [6, 6.07) is 7.04. The number of likely N-dealkylation sites (tertiary alicyclic amines) is 1. The Morgan fingerprint density at radius 2 is 2.00 bits per heavy atom. The smallest absolute Gasteiger partial charge is 0.263 e. The number of nitrogens with zero attached hydrogens (tertiary/aromatic N) is 1. The minimum Gasteiger partial charge on any atom is -0.479 e. The van der Waals surface area contributed by atoms with Crippen molar-refractivity contribution >= 4 is 23.4 Å². The van der Waals surface area contributed by atoms with Crippen molar-refractivity contribution in [1.29, 1.82) is 0 Å². The van der Waals surface area contributed by atoms with E-state index in [2.05, 4.69) is 5.43 Å². The van der Waals surface area contributed by atoms with Gasteiger partial charge in [0.15, 0.2) is 6.10 Å². The molecule has 1 fully saturated rings. The number of benzene rings is 1. The van der Waals surface area contributed by atoms with Crippen molar-refractivity contribution in [3.8, 4) is 5.75 Å². The lowest BCUT2D eigenvalue weighted by Gasteiger charge is -2.32. The van der Waals surface area contributed by atoms with Gasteiger partial charge < -0.3 is 9.64 Å². The second-order valence-corrected chi connectivity index (χ2v) is 5.71. The summed E-state index contributed by atoms with van der Waals surface area (Å²) >= 11 is 6.02. The van der Waals surface area contributed by atoms with Crippen LogP contribution in [0.5, 0.6) is 5.75 Å². The second kappa shape index (κ2) is 7.47. The molecule has 6 nitrogen and oxygen atoms in total. The number of carbonyl (C=O) groups excluding carboxylic acids is 2. The van der Waals surface area contributed by atoms with E-state index in [4.69, 9.17) is 22.2 Å². The van der Waals surface area contributed by atoms with Crippen molar-refractivity contribution in [3.05, 3.63) is 29.3 Å². The van der Waals surface area contributed by atoms with Crippen molar-refractivity contribution in [2.75, 3.05) is 13.1 Å². The summed E-state index contributed by atoms with van der Waals surface area (Å²) in [5.41, 5.74) is 2.16. The summed E-state index contributed by atoms with van der Waals surface area (Å²) in [5, 5.41) is 0.473. The Morgan fingerprint density at radius 1 is 1.36 bits per heavy atom. The fraction of sp³-hybridized carbons (Fsp3) is 0.467. The molecule has 1 atom stereocenters. The zero-order valence-corrected chi connectivity index (χ0v) is 13.2. The molecular formula is C15H20ClN3O3. The molecule has 0 saturated carbocycles. The first-order chi connectivity index (χ1) is 10.5. The van der Waals surface area contributed by atoms with E-state index in [0.717, 1.165) is 0 Å². The predicted molar refractivity (Wildman–Crippen MR) is 83.2 cm³/mol. The molecule has 0 aliphatic carbocycles. The van der Waals surface area contributed by atoms with Crippen molar-refractivity contribution in [3.63, 3.8) is 0 Å². The number of piperidine rings is 1. The molecule has 120 valence electrons. The van der Waals surface area contributed by atoms with E-state index in [-0.39, 0.29) is 17.7 Å². The largest absolute Gasteiger partial charge is 0.479 e. The number of para-hydroxylation sites is 1. The summed E-state index contributed by atoms with van der Waals surface area (Å²) in [6.45, 7) is 2.74. The van der Waals surface area contributed by atoms with Gasteiger partial charge in [0, 0.05) is 19.0 Å². The summed E-state index contributed by atoms with van der Waals surface area (Å²) < 4.78 is 5.63. The number of hydrogen-bond acceptors (Lipinski definition) is 4. The molecule has 1 aromatic carbocycles. The van der Waals surface area contributed by atoms with Crippen molar-refractivity contribution in [2.45, 2.75) is 25.9 Å². The zero-order valence-electron chi connectivity index (χ0n) is 12.4. The number of hydrazine groups is 1. The highest BCUT2D eigenvalue weighted by Gasteiger charge is 2.29. The Hall–Kier alpha value is -1.79. The Morgan fingerprint density at radius 3 is 2.59 bits per heavy atom. The SMILES string of the molecule is CC(Oc1ccccc1Cl)C(=O)N1CCC(C(=O)NN)CC1. The van der Waals surface area contributed by atoms with E-state index in [1.165, 1.54) is 0 Å².